The SMILES string of the molecule is CC(=O)Nc1ccc(C(=O)N/N=C(/C)CC(=O)Nc2ccc(C)cc2)cc1. The molecule has 0 aliphatic rings. The molecule has 2 rings (SSSR count). The lowest BCUT2D eigenvalue weighted by Crippen LogP contribution is -2.21. The maximum Gasteiger partial charge on any atom is 0.271 e. The lowest BCUT2D eigenvalue weighted by atomic mass is 10.2. The zero-order chi connectivity index (χ0) is 19.8. The Morgan fingerprint density at radius 1 is 0.852 bits per heavy atom. The van der Waals surface area contributed by atoms with Gasteiger partial charge in [0, 0.05) is 29.6 Å². The Balaban J connectivity index is 1.86. The van der Waals surface area contributed by atoms with E-state index in [0.717, 1.165) is 5.56 Å². The first-order valence-corrected chi connectivity index (χ1v) is 8.41. The molecule has 0 spiro atoms. The van der Waals surface area contributed by atoms with Crippen LogP contribution in [0.5, 0.6) is 0 Å². The van der Waals surface area contributed by atoms with Crippen molar-refractivity contribution in [3.63, 3.8) is 0 Å². The Kier molecular flexibility index (Phi) is 6.82. The van der Waals surface area contributed by atoms with Crippen LogP contribution in [0.1, 0.15) is 36.2 Å². The van der Waals surface area contributed by atoms with Gasteiger partial charge in [-0.05, 0) is 50.2 Å². The second-order valence-electron chi connectivity index (χ2n) is 6.14. The molecule has 7 nitrogen and oxygen atoms in total. The number of anilines is 2. The molecule has 0 aliphatic heterocycles. The van der Waals surface area contributed by atoms with Crippen molar-refractivity contribution in [2.75, 3.05) is 10.6 Å². The number of nitrogens with one attached hydrogen (secondary N) is 3. The Bertz CT molecular complexity index is 856. The third-order valence-electron chi connectivity index (χ3n) is 3.57. The number of hydrazone groups is 1. The number of benzene rings is 2. The van der Waals surface area contributed by atoms with E-state index in [2.05, 4.69) is 21.2 Å². The topological polar surface area (TPSA) is 99.7 Å². The number of rotatable bonds is 6. The summed E-state index contributed by atoms with van der Waals surface area (Å²) in [6.07, 6.45) is 0.0651. The summed E-state index contributed by atoms with van der Waals surface area (Å²) in [5.41, 5.74) is 5.71. The molecule has 0 fully saturated rings. The van der Waals surface area contributed by atoms with Crippen LogP contribution < -0.4 is 16.1 Å². The summed E-state index contributed by atoms with van der Waals surface area (Å²) in [5.74, 6) is -0.798. The first kappa shape index (κ1) is 19.8. The number of hydrogen-bond acceptors (Lipinski definition) is 4. The van der Waals surface area contributed by atoms with Crippen LogP contribution in [0.2, 0.25) is 0 Å². The molecule has 0 aliphatic carbocycles. The van der Waals surface area contributed by atoms with Crippen LogP contribution in [-0.2, 0) is 9.59 Å². The summed E-state index contributed by atoms with van der Waals surface area (Å²) in [6.45, 7) is 5.04. The first-order chi connectivity index (χ1) is 12.8. The Morgan fingerprint density at radius 2 is 1.41 bits per heavy atom. The molecule has 0 saturated heterocycles. The van der Waals surface area contributed by atoms with Gasteiger partial charge in [-0.1, -0.05) is 17.7 Å². The highest BCUT2D eigenvalue weighted by Gasteiger charge is 2.07. The van der Waals surface area contributed by atoms with Gasteiger partial charge in [0.05, 0.1) is 6.42 Å². The molecule has 0 heterocycles. The van der Waals surface area contributed by atoms with E-state index < -0.39 is 5.91 Å². The van der Waals surface area contributed by atoms with Crippen molar-refractivity contribution in [2.24, 2.45) is 5.10 Å². The van der Waals surface area contributed by atoms with Gasteiger partial charge in [-0.2, -0.15) is 5.10 Å². The van der Waals surface area contributed by atoms with Gasteiger partial charge in [0.1, 0.15) is 0 Å². The van der Waals surface area contributed by atoms with E-state index >= 15 is 0 Å². The highest BCUT2D eigenvalue weighted by Crippen LogP contribution is 2.10. The van der Waals surface area contributed by atoms with E-state index in [1.165, 1.54) is 6.92 Å². The first-order valence-electron chi connectivity index (χ1n) is 8.41. The monoisotopic (exact) mass is 366 g/mol. The maximum atomic E-state index is 12.1. The van der Waals surface area contributed by atoms with Crippen LogP contribution >= 0.6 is 0 Å². The fourth-order valence-corrected chi connectivity index (χ4v) is 2.23. The van der Waals surface area contributed by atoms with Crippen molar-refractivity contribution >= 4 is 34.8 Å². The van der Waals surface area contributed by atoms with Gasteiger partial charge in [-0.3, -0.25) is 14.4 Å². The van der Waals surface area contributed by atoms with Crippen LogP contribution in [0.4, 0.5) is 11.4 Å². The number of carbonyl (C=O) groups is 3. The Morgan fingerprint density at radius 3 is 2.00 bits per heavy atom. The molecule has 0 saturated carbocycles. The zero-order valence-corrected chi connectivity index (χ0v) is 15.5. The molecular weight excluding hydrogens is 344 g/mol. The molecule has 0 atom stereocenters. The molecule has 0 aromatic heterocycles. The van der Waals surface area contributed by atoms with E-state index in [-0.39, 0.29) is 18.2 Å². The number of carbonyl (C=O) groups excluding carboxylic acids is 3. The van der Waals surface area contributed by atoms with E-state index in [0.29, 0.717) is 22.6 Å². The molecule has 0 bridgehead atoms. The van der Waals surface area contributed by atoms with Gasteiger partial charge < -0.3 is 10.6 Å². The average Bonchev–Trinajstić information content (AvgIpc) is 2.61. The van der Waals surface area contributed by atoms with E-state index in [9.17, 15) is 14.4 Å². The minimum atomic E-state index is -0.400. The highest BCUT2D eigenvalue weighted by molar-refractivity contribution is 6.06. The van der Waals surface area contributed by atoms with Crippen molar-refractivity contribution in [1.82, 2.24) is 5.43 Å². The molecule has 140 valence electrons. The second kappa shape index (κ2) is 9.28. The summed E-state index contributed by atoms with van der Waals surface area (Å²) in [5, 5.41) is 9.35. The molecule has 3 N–H and O–H groups in total. The van der Waals surface area contributed by atoms with Crippen LogP contribution in [0.3, 0.4) is 0 Å². The molecule has 0 radical (unpaired) electrons. The lowest BCUT2D eigenvalue weighted by molar-refractivity contribution is -0.115. The molecule has 0 unspecified atom stereocenters. The highest BCUT2D eigenvalue weighted by atomic mass is 16.2. The van der Waals surface area contributed by atoms with E-state index in [1.807, 2.05) is 31.2 Å². The third-order valence-corrected chi connectivity index (χ3v) is 3.57. The fraction of sp³-hybridized carbons (Fsp3) is 0.200. The number of aryl methyl sites for hydroxylation is 1. The number of nitrogens with zero attached hydrogens (tertiary/aromatic N) is 1. The van der Waals surface area contributed by atoms with Crippen LogP contribution in [-0.4, -0.2) is 23.4 Å². The summed E-state index contributed by atoms with van der Waals surface area (Å²) in [4.78, 5) is 35.1. The van der Waals surface area contributed by atoms with Gasteiger partial charge in [-0.25, -0.2) is 5.43 Å². The van der Waals surface area contributed by atoms with Crippen molar-refractivity contribution in [3.8, 4) is 0 Å². The largest absolute Gasteiger partial charge is 0.326 e. The molecular formula is C20H22N4O3. The zero-order valence-electron chi connectivity index (χ0n) is 15.5. The van der Waals surface area contributed by atoms with E-state index in [1.54, 1.807) is 31.2 Å². The summed E-state index contributed by atoms with van der Waals surface area (Å²) < 4.78 is 0. The lowest BCUT2D eigenvalue weighted by Gasteiger charge is -2.06. The van der Waals surface area contributed by atoms with Gasteiger partial charge in [0.25, 0.3) is 5.91 Å². The van der Waals surface area contributed by atoms with Crippen LogP contribution in [0.25, 0.3) is 0 Å². The molecule has 27 heavy (non-hydrogen) atoms. The van der Waals surface area contributed by atoms with Crippen LogP contribution in [0, 0.1) is 6.92 Å². The van der Waals surface area contributed by atoms with Crippen LogP contribution in [0.15, 0.2) is 53.6 Å². The quantitative estimate of drug-likeness (QED) is 0.541. The maximum absolute atomic E-state index is 12.1. The van der Waals surface area contributed by atoms with Crippen molar-refractivity contribution in [1.29, 1.82) is 0 Å². The molecule has 7 heteroatoms. The number of amides is 3. The standard InChI is InChI=1S/C20H22N4O3/c1-13-4-8-18(9-5-13)22-19(26)12-14(2)23-24-20(27)16-6-10-17(11-7-16)21-15(3)25/h4-11H,12H2,1-3H3,(H,21,25)(H,22,26)(H,24,27)/b23-14-. The van der Waals surface area contributed by atoms with Gasteiger partial charge in [0.2, 0.25) is 11.8 Å². The van der Waals surface area contributed by atoms with E-state index in [4.69, 9.17) is 0 Å². The fourth-order valence-electron chi connectivity index (χ4n) is 2.23. The molecule has 3 amide bonds. The smallest absolute Gasteiger partial charge is 0.271 e. The molecule has 2 aromatic carbocycles. The average molecular weight is 366 g/mol. The predicted octanol–water partition coefficient (Wildman–Crippen LogP) is 3.09. The van der Waals surface area contributed by atoms with Gasteiger partial charge in [0.15, 0.2) is 0 Å². The van der Waals surface area contributed by atoms with Crippen molar-refractivity contribution in [3.05, 3.63) is 59.7 Å². The summed E-state index contributed by atoms with van der Waals surface area (Å²) in [6, 6.07) is 13.9. The molecule has 2 aromatic rings. The Labute approximate surface area is 157 Å². The van der Waals surface area contributed by atoms with Gasteiger partial charge in [-0.15, -0.1) is 0 Å². The number of hydrogen-bond donors (Lipinski definition) is 3. The third kappa shape index (κ3) is 6.74. The van der Waals surface area contributed by atoms with Crippen molar-refractivity contribution in [2.45, 2.75) is 27.2 Å². The van der Waals surface area contributed by atoms with Gasteiger partial charge >= 0.3 is 0 Å². The Hall–Kier alpha value is -3.48. The minimum absolute atomic E-state index is 0.0651. The normalized spacial score (nSPS) is 10.9. The second-order valence-corrected chi connectivity index (χ2v) is 6.14. The summed E-state index contributed by atoms with van der Waals surface area (Å²) >= 11 is 0. The predicted molar refractivity (Wildman–Crippen MR) is 106 cm³/mol. The minimum Gasteiger partial charge on any atom is -0.326 e. The summed E-state index contributed by atoms with van der Waals surface area (Å²) in [7, 11) is 0. The van der Waals surface area contributed by atoms with Crippen molar-refractivity contribution < 1.29 is 14.4 Å².